The van der Waals surface area contributed by atoms with Crippen molar-refractivity contribution in [3.05, 3.63) is 0 Å². The molecule has 2 N–H and O–H groups in total. The van der Waals surface area contributed by atoms with Crippen molar-refractivity contribution < 1.29 is 9.79 Å². The first-order chi connectivity index (χ1) is 3.06. The van der Waals surface area contributed by atoms with Crippen LogP contribution in [0.4, 0.5) is 0 Å². The molecule has 0 bridgehead atoms. The molecule has 3 heteroatoms. The quantitative estimate of drug-likeness (QED) is 0.529. The molecule has 0 fully saturated rings. The van der Waals surface area contributed by atoms with Crippen LogP contribution in [-0.2, 0) is 0 Å². The topological polar surface area (TPSA) is 40.5 Å². The first kappa shape index (κ1) is 7.35. The van der Waals surface area contributed by atoms with Crippen molar-refractivity contribution in [2.75, 3.05) is 12.8 Å². The van der Waals surface area contributed by atoms with Gasteiger partial charge in [-0.2, -0.15) is 0 Å². The maximum atomic E-state index is 8.71. The maximum absolute atomic E-state index is 8.71. The average Bonchev–Trinajstić information content (AvgIpc) is 1.30. The van der Waals surface area contributed by atoms with Crippen LogP contribution in [0.2, 0.25) is 0 Å². The van der Waals surface area contributed by atoms with E-state index in [0.717, 1.165) is 6.42 Å². The monoisotopic (exact) mass is 124 g/mol. The summed E-state index contributed by atoms with van der Waals surface area (Å²) >= 11 is 0. The summed E-state index contributed by atoms with van der Waals surface area (Å²) in [5.74, 6) is 0. The molecular weight excluding hydrogens is 111 g/mol. The van der Waals surface area contributed by atoms with Crippen molar-refractivity contribution in [1.82, 2.24) is 0 Å². The predicted molar refractivity (Wildman–Crippen MR) is 33.8 cm³/mol. The van der Waals surface area contributed by atoms with E-state index in [1.807, 2.05) is 6.92 Å². The predicted octanol–water partition coefficient (Wildman–Crippen LogP) is 0.591. The molecule has 0 radical (unpaired) electrons. The van der Waals surface area contributed by atoms with Gasteiger partial charge in [0.05, 0.1) is 0 Å². The molecular formula is C4H13O2P. The molecule has 0 aromatic carbocycles. The third kappa shape index (κ3) is 6.35. The van der Waals surface area contributed by atoms with Gasteiger partial charge in [-0.25, -0.2) is 0 Å². The summed E-state index contributed by atoms with van der Waals surface area (Å²) in [4.78, 5) is 17.4. The standard InChI is InChI=1S/C4H13O2P/c1-3-4-7(2,5)6/h5-7H,3-4H2,1-2H3. The fourth-order valence-corrected chi connectivity index (χ4v) is 1.42. The molecule has 0 saturated heterocycles. The second-order valence-electron chi connectivity index (χ2n) is 1.97. The van der Waals surface area contributed by atoms with E-state index in [1.54, 1.807) is 0 Å². The molecule has 0 spiro atoms. The molecule has 46 valence electrons. The Morgan fingerprint density at radius 1 is 1.43 bits per heavy atom. The zero-order chi connectivity index (χ0) is 5.91. The Bertz CT molecular complexity index is 48.1. The van der Waals surface area contributed by atoms with Gasteiger partial charge >= 0.3 is 43.7 Å². The molecule has 0 aliphatic rings. The van der Waals surface area contributed by atoms with Crippen LogP contribution >= 0.6 is 7.72 Å². The van der Waals surface area contributed by atoms with E-state index in [2.05, 4.69) is 0 Å². The van der Waals surface area contributed by atoms with Gasteiger partial charge in [0.1, 0.15) is 0 Å². The Morgan fingerprint density at radius 2 is 1.86 bits per heavy atom. The van der Waals surface area contributed by atoms with Gasteiger partial charge in [0.15, 0.2) is 0 Å². The summed E-state index contributed by atoms with van der Waals surface area (Å²) in [5.41, 5.74) is 0. The minimum atomic E-state index is -2.66. The van der Waals surface area contributed by atoms with E-state index in [9.17, 15) is 0 Å². The summed E-state index contributed by atoms with van der Waals surface area (Å²) in [6.45, 7) is 3.47. The Labute approximate surface area is 44.7 Å². The fraction of sp³-hybridized carbons (Fsp3) is 1.00. The van der Waals surface area contributed by atoms with Crippen LogP contribution in [0.25, 0.3) is 0 Å². The van der Waals surface area contributed by atoms with Gasteiger partial charge < -0.3 is 0 Å². The van der Waals surface area contributed by atoms with Gasteiger partial charge in [0.25, 0.3) is 0 Å². The van der Waals surface area contributed by atoms with E-state index >= 15 is 0 Å². The van der Waals surface area contributed by atoms with E-state index < -0.39 is 7.72 Å². The van der Waals surface area contributed by atoms with Crippen molar-refractivity contribution >= 4 is 7.72 Å². The molecule has 2 nitrogen and oxygen atoms in total. The van der Waals surface area contributed by atoms with Crippen LogP contribution in [0.1, 0.15) is 13.3 Å². The van der Waals surface area contributed by atoms with Gasteiger partial charge in [-0.05, 0) is 0 Å². The van der Waals surface area contributed by atoms with Crippen molar-refractivity contribution in [1.29, 1.82) is 0 Å². The molecule has 0 unspecified atom stereocenters. The molecule has 0 heterocycles. The summed E-state index contributed by atoms with van der Waals surface area (Å²) < 4.78 is 0. The molecule has 0 amide bonds. The van der Waals surface area contributed by atoms with Crippen molar-refractivity contribution in [2.24, 2.45) is 0 Å². The first-order valence-electron chi connectivity index (χ1n) is 2.51. The molecule has 0 atom stereocenters. The van der Waals surface area contributed by atoms with Crippen molar-refractivity contribution in [3.8, 4) is 0 Å². The Balaban J connectivity index is 3.15. The van der Waals surface area contributed by atoms with Crippen molar-refractivity contribution in [3.63, 3.8) is 0 Å². The molecule has 0 aromatic heterocycles. The van der Waals surface area contributed by atoms with Crippen LogP contribution in [0.5, 0.6) is 0 Å². The summed E-state index contributed by atoms with van der Waals surface area (Å²) in [5, 5.41) is 0. The van der Waals surface area contributed by atoms with Gasteiger partial charge in [-0.3, -0.25) is 0 Å². The van der Waals surface area contributed by atoms with Crippen LogP contribution in [-0.4, -0.2) is 22.6 Å². The van der Waals surface area contributed by atoms with Crippen LogP contribution in [0.15, 0.2) is 0 Å². The number of hydrogen-bond donors (Lipinski definition) is 2. The zero-order valence-electron chi connectivity index (χ0n) is 4.81. The van der Waals surface area contributed by atoms with Crippen molar-refractivity contribution in [2.45, 2.75) is 13.3 Å². The second-order valence-corrected chi connectivity index (χ2v) is 4.90. The SMILES string of the molecule is CCC[PH](C)(O)O. The summed E-state index contributed by atoms with van der Waals surface area (Å²) in [6, 6.07) is 0. The normalized spacial score (nSPS) is 14.3. The minimum absolute atomic E-state index is 0.590. The van der Waals surface area contributed by atoms with Gasteiger partial charge in [-0.1, -0.05) is 0 Å². The number of rotatable bonds is 2. The zero-order valence-corrected chi connectivity index (χ0v) is 5.81. The molecule has 0 aliphatic heterocycles. The Hall–Kier alpha value is 0.350. The van der Waals surface area contributed by atoms with Gasteiger partial charge in [0.2, 0.25) is 0 Å². The fourth-order valence-electron chi connectivity index (χ4n) is 0.474. The van der Waals surface area contributed by atoms with E-state index in [1.165, 1.54) is 6.66 Å². The third-order valence-electron chi connectivity index (χ3n) is 0.724. The number of hydrogen-bond acceptors (Lipinski definition) is 2. The van der Waals surface area contributed by atoms with Gasteiger partial charge in [0, 0.05) is 0 Å². The summed E-state index contributed by atoms with van der Waals surface area (Å²) in [7, 11) is -2.66. The van der Waals surface area contributed by atoms with Gasteiger partial charge in [-0.15, -0.1) is 0 Å². The third-order valence-corrected chi connectivity index (χ3v) is 2.17. The molecule has 0 aromatic rings. The first-order valence-corrected chi connectivity index (χ1v) is 5.11. The van der Waals surface area contributed by atoms with E-state index in [0.29, 0.717) is 6.16 Å². The Morgan fingerprint density at radius 3 is 1.86 bits per heavy atom. The average molecular weight is 124 g/mol. The molecule has 0 rings (SSSR count). The molecule has 0 saturated carbocycles. The van der Waals surface area contributed by atoms with E-state index in [-0.39, 0.29) is 0 Å². The van der Waals surface area contributed by atoms with Crippen LogP contribution < -0.4 is 0 Å². The second kappa shape index (κ2) is 2.61. The molecule has 0 aliphatic carbocycles. The molecule has 7 heavy (non-hydrogen) atoms. The Kier molecular flexibility index (Phi) is 2.74. The van der Waals surface area contributed by atoms with Crippen LogP contribution in [0.3, 0.4) is 0 Å². The van der Waals surface area contributed by atoms with E-state index in [4.69, 9.17) is 9.79 Å². The summed E-state index contributed by atoms with van der Waals surface area (Å²) in [6.07, 6.45) is 1.46. The van der Waals surface area contributed by atoms with Crippen LogP contribution in [0, 0.1) is 0 Å².